The Balaban J connectivity index is 1.06. The van der Waals surface area contributed by atoms with Gasteiger partial charge < -0.3 is 9.80 Å². The third-order valence-corrected chi connectivity index (χ3v) is 10.8. The van der Waals surface area contributed by atoms with E-state index in [1.54, 1.807) is 6.08 Å². The van der Waals surface area contributed by atoms with Crippen LogP contribution in [0.1, 0.15) is 5.56 Å². The molecule has 0 aliphatic heterocycles. The van der Waals surface area contributed by atoms with E-state index in [1.807, 2.05) is 42.6 Å². The van der Waals surface area contributed by atoms with E-state index in [-0.39, 0.29) is 0 Å². The smallest absolute Gasteiger partial charge is 0.0540 e. The number of nitrogens with zero attached hydrogens (tertiary/aromatic N) is 2. The predicted octanol–water partition coefficient (Wildman–Crippen LogP) is 16.7. The number of hydrogen-bond acceptors (Lipinski definition) is 2. The van der Waals surface area contributed by atoms with Crippen LogP contribution in [0.4, 0.5) is 22.7 Å². The minimum absolute atomic E-state index is 0.807. The largest absolute Gasteiger partial charge is 0.318 e. The highest BCUT2D eigenvalue weighted by Gasteiger charge is 2.18. The average Bonchev–Trinajstić information content (AvgIpc) is 3.35. The number of para-hydroxylation sites is 1. The van der Waals surface area contributed by atoms with Gasteiger partial charge in [0.1, 0.15) is 0 Å². The molecule has 0 bridgehead atoms. The summed E-state index contributed by atoms with van der Waals surface area (Å²) >= 11 is 0. The van der Waals surface area contributed by atoms with Crippen molar-refractivity contribution in [3.8, 4) is 44.5 Å². The first kappa shape index (κ1) is 40.6. The van der Waals surface area contributed by atoms with Crippen molar-refractivity contribution < 1.29 is 0 Å². The predicted molar refractivity (Wildman–Crippen MR) is 268 cm³/mol. The van der Waals surface area contributed by atoms with E-state index >= 15 is 0 Å². The molecule has 0 radical (unpaired) electrons. The zero-order valence-corrected chi connectivity index (χ0v) is 34.8. The van der Waals surface area contributed by atoms with Crippen molar-refractivity contribution in [3.63, 3.8) is 0 Å². The molecule has 0 aromatic heterocycles. The van der Waals surface area contributed by atoms with E-state index in [2.05, 4.69) is 236 Å². The number of benzene rings is 8. The van der Waals surface area contributed by atoms with E-state index in [0.717, 1.165) is 56.3 Å². The molecule has 0 spiro atoms. The van der Waals surface area contributed by atoms with Crippen LogP contribution in [0, 0.1) is 0 Å². The molecule has 8 aromatic rings. The van der Waals surface area contributed by atoms with Gasteiger partial charge in [0.2, 0.25) is 0 Å². The van der Waals surface area contributed by atoms with E-state index in [0.29, 0.717) is 0 Å². The zero-order valence-electron chi connectivity index (χ0n) is 34.8. The van der Waals surface area contributed by atoms with Gasteiger partial charge in [0, 0.05) is 34.5 Å². The summed E-state index contributed by atoms with van der Waals surface area (Å²) in [5, 5.41) is 0. The van der Waals surface area contributed by atoms with Gasteiger partial charge in [-0.05, 0) is 105 Å². The Bertz CT molecular complexity index is 2750. The van der Waals surface area contributed by atoms with Crippen LogP contribution in [-0.4, -0.2) is 0 Å². The van der Waals surface area contributed by atoms with Gasteiger partial charge >= 0.3 is 0 Å². The molecular weight excluding hydrogens is 749 g/mol. The van der Waals surface area contributed by atoms with Gasteiger partial charge in [0.15, 0.2) is 0 Å². The van der Waals surface area contributed by atoms with E-state index in [1.165, 1.54) is 27.8 Å². The fourth-order valence-electron chi connectivity index (χ4n) is 7.52. The van der Waals surface area contributed by atoms with Crippen molar-refractivity contribution >= 4 is 28.3 Å². The lowest BCUT2D eigenvalue weighted by molar-refractivity contribution is 1.21. The van der Waals surface area contributed by atoms with Crippen LogP contribution in [0.15, 0.2) is 280 Å². The maximum absolute atomic E-state index is 4.45. The summed E-state index contributed by atoms with van der Waals surface area (Å²) in [6, 6.07) is 74.9. The van der Waals surface area contributed by atoms with Crippen LogP contribution < -0.4 is 9.80 Å². The van der Waals surface area contributed by atoms with Crippen LogP contribution in [-0.2, 0) is 0 Å². The van der Waals surface area contributed by atoms with Crippen LogP contribution in [0.5, 0.6) is 0 Å². The van der Waals surface area contributed by atoms with Crippen molar-refractivity contribution in [2.24, 2.45) is 0 Å². The number of anilines is 4. The van der Waals surface area contributed by atoms with Crippen LogP contribution in [0.2, 0.25) is 0 Å². The van der Waals surface area contributed by atoms with Crippen molar-refractivity contribution in [2.45, 2.75) is 0 Å². The summed E-state index contributed by atoms with van der Waals surface area (Å²) in [5.74, 6) is 0. The number of rotatable bonds is 15. The minimum atomic E-state index is 0.807. The van der Waals surface area contributed by atoms with Gasteiger partial charge in [-0.25, -0.2) is 0 Å². The van der Waals surface area contributed by atoms with E-state index in [9.17, 15) is 0 Å². The molecule has 8 aromatic carbocycles. The lowest BCUT2D eigenvalue weighted by atomic mass is 9.98. The van der Waals surface area contributed by atoms with Crippen LogP contribution >= 0.6 is 0 Å². The molecule has 0 unspecified atom stereocenters. The van der Waals surface area contributed by atoms with Crippen molar-refractivity contribution in [2.75, 3.05) is 9.80 Å². The average molecular weight is 797 g/mol. The second-order valence-corrected chi connectivity index (χ2v) is 14.9. The van der Waals surface area contributed by atoms with Gasteiger partial charge in [0.05, 0.1) is 5.69 Å². The second kappa shape index (κ2) is 19.7. The van der Waals surface area contributed by atoms with Gasteiger partial charge in [-0.15, -0.1) is 0 Å². The molecule has 298 valence electrons. The number of hydrogen-bond donors (Lipinski definition) is 0. The monoisotopic (exact) mass is 796 g/mol. The molecule has 0 saturated carbocycles. The zero-order chi connectivity index (χ0) is 42.5. The highest BCUT2D eigenvalue weighted by Crippen LogP contribution is 2.42. The summed E-state index contributed by atoms with van der Waals surface area (Å²) in [6.45, 7) is 12.7. The van der Waals surface area contributed by atoms with Crippen LogP contribution in [0.3, 0.4) is 0 Å². The normalized spacial score (nSPS) is 11.2. The minimum Gasteiger partial charge on any atom is -0.318 e. The third-order valence-electron chi connectivity index (χ3n) is 10.8. The lowest BCUT2D eigenvalue weighted by Gasteiger charge is -2.28. The van der Waals surface area contributed by atoms with Gasteiger partial charge in [-0.3, -0.25) is 0 Å². The molecule has 0 fully saturated rings. The Morgan fingerprint density at radius 3 is 1.27 bits per heavy atom. The molecular formula is C60H48N2. The van der Waals surface area contributed by atoms with Crippen molar-refractivity contribution in [1.82, 2.24) is 0 Å². The highest BCUT2D eigenvalue weighted by atomic mass is 15.1. The maximum Gasteiger partial charge on any atom is 0.0540 e. The molecule has 0 N–H and O–H groups in total. The molecule has 0 aliphatic carbocycles. The van der Waals surface area contributed by atoms with Gasteiger partial charge in [-0.2, -0.15) is 0 Å². The number of allylic oxidation sites excluding steroid dienone is 7. The van der Waals surface area contributed by atoms with Gasteiger partial charge in [0.25, 0.3) is 0 Å². The first-order valence-electron chi connectivity index (χ1n) is 20.8. The van der Waals surface area contributed by atoms with Crippen molar-refractivity contribution in [1.29, 1.82) is 0 Å². The molecule has 8 rings (SSSR count). The highest BCUT2D eigenvalue weighted by molar-refractivity contribution is 5.89. The molecule has 0 saturated heterocycles. The molecule has 62 heavy (non-hydrogen) atoms. The summed E-state index contributed by atoms with van der Waals surface area (Å²) in [7, 11) is 0. The Morgan fingerprint density at radius 2 is 0.790 bits per heavy atom. The summed E-state index contributed by atoms with van der Waals surface area (Å²) in [5.41, 5.74) is 16.3. The Kier molecular flexibility index (Phi) is 12.9. The molecule has 0 atom stereocenters. The second-order valence-electron chi connectivity index (χ2n) is 14.9. The lowest BCUT2D eigenvalue weighted by Crippen LogP contribution is -2.12. The molecule has 2 heteroatoms. The first-order chi connectivity index (χ1) is 30.6. The fourth-order valence-corrected chi connectivity index (χ4v) is 7.52. The van der Waals surface area contributed by atoms with E-state index < -0.39 is 0 Å². The molecule has 0 amide bonds. The molecule has 0 aliphatic rings. The Morgan fingerprint density at radius 1 is 0.371 bits per heavy atom. The van der Waals surface area contributed by atoms with Gasteiger partial charge in [-0.1, -0.05) is 214 Å². The standard InChI is InChI=1S/C60H48N2/c1-4-5-6-18-45-61(56-39-33-52(34-40-56)49-19-10-7-11-20-49)47(3)28-27-46(2)48-29-31-55(32-30-48)59-25-16-17-26-60(59)62(57-41-35-53(36-42-57)50-21-12-8-13-22-50)58-43-37-54(38-44-58)51-23-14-9-15-24-51/h4-45H,1-3H2/b6-5-,28-27-,45-18+. The summed E-state index contributed by atoms with van der Waals surface area (Å²) in [4.78, 5) is 4.42. The molecule has 0 heterocycles. The van der Waals surface area contributed by atoms with E-state index in [4.69, 9.17) is 0 Å². The quantitative estimate of drug-likeness (QED) is 0.0954. The topological polar surface area (TPSA) is 6.48 Å². The van der Waals surface area contributed by atoms with Crippen LogP contribution in [0.25, 0.3) is 50.1 Å². The maximum atomic E-state index is 4.45. The van der Waals surface area contributed by atoms with Crippen molar-refractivity contribution in [3.05, 3.63) is 286 Å². The fraction of sp³-hybridized carbons (Fsp3) is 0. The summed E-state index contributed by atoms with van der Waals surface area (Å²) < 4.78 is 0. The Hall–Kier alpha value is -8.20. The Labute approximate surface area is 367 Å². The third kappa shape index (κ3) is 9.63. The first-order valence-corrected chi connectivity index (χ1v) is 20.8. The molecule has 2 nitrogen and oxygen atoms in total. The SMILES string of the molecule is C=C/C=C\C=C\N(C(=C)/C=C\C(=C)c1ccc(-c2ccccc2N(c2ccc(-c3ccccc3)cc2)c2ccc(-c3ccccc3)cc2)cc1)c1ccc(-c2ccccc2)cc1. The summed E-state index contributed by atoms with van der Waals surface area (Å²) in [6.07, 6.45) is 13.7.